The van der Waals surface area contributed by atoms with Gasteiger partial charge >= 0.3 is 0 Å². The molecule has 23 heavy (non-hydrogen) atoms. The molecule has 1 aliphatic heterocycles. The summed E-state index contributed by atoms with van der Waals surface area (Å²) >= 11 is 3.39. The molecular formula is C17H21BrN4O. The third kappa shape index (κ3) is 3.82. The van der Waals surface area contributed by atoms with Crippen molar-refractivity contribution in [2.75, 3.05) is 13.1 Å². The van der Waals surface area contributed by atoms with Crippen LogP contribution in [-0.2, 0) is 13.1 Å². The second-order valence-electron chi connectivity index (χ2n) is 5.95. The van der Waals surface area contributed by atoms with Crippen LogP contribution >= 0.6 is 15.9 Å². The van der Waals surface area contributed by atoms with Crippen LogP contribution in [0.1, 0.15) is 40.2 Å². The maximum Gasteiger partial charge on any atom is 0.273 e. The van der Waals surface area contributed by atoms with Gasteiger partial charge in [0.05, 0.1) is 4.47 Å². The van der Waals surface area contributed by atoms with Gasteiger partial charge in [-0.15, -0.1) is 0 Å². The summed E-state index contributed by atoms with van der Waals surface area (Å²) in [5, 5.41) is 9.82. The minimum absolute atomic E-state index is 0.169. The van der Waals surface area contributed by atoms with Crippen molar-refractivity contribution in [2.45, 2.75) is 32.9 Å². The first-order valence-electron chi connectivity index (χ1n) is 7.93. The van der Waals surface area contributed by atoms with Crippen LogP contribution in [0.15, 0.2) is 28.7 Å². The fourth-order valence-electron chi connectivity index (χ4n) is 2.89. The number of nitrogens with one attached hydrogen (secondary N) is 2. The van der Waals surface area contributed by atoms with E-state index < -0.39 is 0 Å². The summed E-state index contributed by atoms with van der Waals surface area (Å²) in [6, 6.07) is 8.30. The molecule has 6 heteroatoms. The molecule has 0 atom stereocenters. The Morgan fingerprint density at radius 1 is 1.30 bits per heavy atom. The first-order chi connectivity index (χ1) is 11.1. The molecule has 2 aromatic rings. The number of halogens is 1. The number of likely N-dealkylation sites (tertiary alicyclic amines) is 1. The predicted molar refractivity (Wildman–Crippen MR) is 93.1 cm³/mol. The molecule has 5 nitrogen and oxygen atoms in total. The number of nitrogens with zero attached hydrogens (tertiary/aromatic N) is 2. The Balaban J connectivity index is 1.65. The SMILES string of the molecule is Cc1[nH]nc(C(=O)NCc2ccccc2CN2CCCC2)c1Br. The quantitative estimate of drug-likeness (QED) is 0.842. The Morgan fingerprint density at radius 3 is 2.65 bits per heavy atom. The largest absolute Gasteiger partial charge is 0.347 e. The lowest BCUT2D eigenvalue weighted by Crippen LogP contribution is -2.25. The van der Waals surface area contributed by atoms with Crippen LogP contribution in [0.25, 0.3) is 0 Å². The summed E-state index contributed by atoms with van der Waals surface area (Å²) in [7, 11) is 0. The van der Waals surface area contributed by atoms with Crippen LogP contribution in [0, 0.1) is 6.92 Å². The number of aromatic amines is 1. The molecule has 0 unspecified atom stereocenters. The molecule has 1 aromatic heterocycles. The summed E-state index contributed by atoms with van der Waals surface area (Å²) < 4.78 is 0.723. The number of hydrogen-bond donors (Lipinski definition) is 2. The number of rotatable bonds is 5. The van der Waals surface area contributed by atoms with E-state index in [-0.39, 0.29) is 5.91 Å². The second kappa shape index (κ2) is 7.27. The highest BCUT2D eigenvalue weighted by molar-refractivity contribution is 9.10. The number of carbonyl (C=O) groups excluding carboxylic acids is 1. The fourth-order valence-corrected chi connectivity index (χ4v) is 3.25. The summed E-state index contributed by atoms with van der Waals surface area (Å²) in [6.45, 7) is 5.68. The molecule has 1 amide bonds. The molecule has 0 spiro atoms. The van der Waals surface area contributed by atoms with Crippen molar-refractivity contribution in [3.8, 4) is 0 Å². The van der Waals surface area contributed by atoms with Crippen molar-refractivity contribution < 1.29 is 4.79 Å². The summed E-state index contributed by atoms with van der Waals surface area (Å²) in [5.74, 6) is -0.169. The van der Waals surface area contributed by atoms with Crippen LogP contribution < -0.4 is 5.32 Å². The van der Waals surface area contributed by atoms with Crippen molar-refractivity contribution in [3.63, 3.8) is 0 Å². The molecule has 0 aliphatic carbocycles. The molecule has 1 aromatic carbocycles. The smallest absolute Gasteiger partial charge is 0.273 e. The third-order valence-corrected chi connectivity index (χ3v) is 5.21. The minimum atomic E-state index is -0.169. The predicted octanol–water partition coefficient (Wildman–Crippen LogP) is 3.01. The van der Waals surface area contributed by atoms with E-state index in [1.165, 1.54) is 31.5 Å². The lowest BCUT2D eigenvalue weighted by atomic mass is 10.1. The average Bonchev–Trinajstić information content (AvgIpc) is 3.17. The molecule has 1 saturated heterocycles. The van der Waals surface area contributed by atoms with Gasteiger partial charge in [0, 0.05) is 18.8 Å². The standard InChI is InChI=1S/C17H21BrN4O/c1-12-15(18)16(21-20-12)17(23)19-10-13-6-2-3-7-14(13)11-22-8-4-5-9-22/h2-3,6-7H,4-5,8-11H2,1H3,(H,19,23)(H,20,21). The van der Waals surface area contributed by atoms with E-state index in [1.807, 2.05) is 13.0 Å². The van der Waals surface area contributed by atoms with Crippen LogP contribution in [0.5, 0.6) is 0 Å². The first kappa shape index (κ1) is 16.2. The number of H-pyrrole nitrogens is 1. The van der Waals surface area contributed by atoms with Gasteiger partial charge in [-0.1, -0.05) is 24.3 Å². The zero-order valence-electron chi connectivity index (χ0n) is 13.2. The van der Waals surface area contributed by atoms with Gasteiger partial charge in [0.25, 0.3) is 5.91 Å². The number of carbonyl (C=O) groups is 1. The van der Waals surface area contributed by atoms with E-state index in [0.717, 1.165) is 22.3 Å². The second-order valence-corrected chi connectivity index (χ2v) is 6.74. The number of amides is 1. The molecule has 0 radical (unpaired) electrons. The summed E-state index contributed by atoms with van der Waals surface area (Å²) in [6.07, 6.45) is 2.57. The number of aromatic nitrogens is 2. The van der Waals surface area contributed by atoms with Crippen LogP contribution in [0.3, 0.4) is 0 Å². The van der Waals surface area contributed by atoms with Gasteiger partial charge in [-0.3, -0.25) is 14.8 Å². The van der Waals surface area contributed by atoms with E-state index in [0.29, 0.717) is 12.2 Å². The van der Waals surface area contributed by atoms with Gasteiger partial charge in [-0.25, -0.2) is 0 Å². The zero-order valence-corrected chi connectivity index (χ0v) is 14.8. The number of benzene rings is 1. The van der Waals surface area contributed by atoms with Crippen molar-refractivity contribution >= 4 is 21.8 Å². The number of hydrogen-bond acceptors (Lipinski definition) is 3. The zero-order chi connectivity index (χ0) is 16.2. The lowest BCUT2D eigenvalue weighted by molar-refractivity contribution is 0.0945. The molecule has 0 saturated carbocycles. The van der Waals surface area contributed by atoms with E-state index >= 15 is 0 Å². The molecule has 0 bridgehead atoms. The van der Waals surface area contributed by atoms with Crippen molar-refractivity contribution in [1.29, 1.82) is 0 Å². The normalized spacial score (nSPS) is 15.0. The van der Waals surface area contributed by atoms with Gasteiger partial charge in [0.2, 0.25) is 0 Å². The maximum atomic E-state index is 12.3. The van der Waals surface area contributed by atoms with Crippen LogP contribution in [0.2, 0.25) is 0 Å². The highest BCUT2D eigenvalue weighted by Gasteiger charge is 2.17. The molecule has 2 N–H and O–H groups in total. The molecule has 1 aliphatic rings. The van der Waals surface area contributed by atoms with E-state index in [2.05, 4.69) is 54.5 Å². The Labute approximate surface area is 144 Å². The van der Waals surface area contributed by atoms with Gasteiger partial charge in [-0.2, -0.15) is 5.10 Å². The Morgan fingerprint density at radius 2 is 2.00 bits per heavy atom. The van der Waals surface area contributed by atoms with Gasteiger partial charge in [-0.05, 0) is 59.9 Å². The monoisotopic (exact) mass is 376 g/mol. The highest BCUT2D eigenvalue weighted by Crippen LogP contribution is 2.19. The van der Waals surface area contributed by atoms with E-state index in [1.54, 1.807) is 0 Å². The van der Waals surface area contributed by atoms with Gasteiger partial charge < -0.3 is 5.32 Å². The summed E-state index contributed by atoms with van der Waals surface area (Å²) in [4.78, 5) is 14.7. The van der Waals surface area contributed by atoms with Crippen molar-refractivity contribution in [2.24, 2.45) is 0 Å². The molecule has 122 valence electrons. The Kier molecular flexibility index (Phi) is 5.13. The van der Waals surface area contributed by atoms with Gasteiger partial charge in [0.15, 0.2) is 5.69 Å². The topological polar surface area (TPSA) is 61.0 Å². The molecular weight excluding hydrogens is 356 g/mol. The maximum absolute atomic E-state index is 12.3. The lowest BCUT2D eigenvalue weighted by Gasteiger charge is -2.17. The van der Waals surface area contributed by atoms with Crippen molar-refractivity contribution in [1.82, 2.24) is 20.4 Å². The van der Waals surface area contributed by atoms with Crippen molar-refractivity contribution in [3.05, 3.63) is 51.3 Å². The molecule has 2 heterocycles. The fraction of sp³-hybridized carbons (Fsp3) is 0.412. The first-order valence-corrected chi connectivity index (χ1v) is 8.72. The highest BCUT2D eigenvalue weighted by atomic mass is 79.9. The Hall–Kier alpha value is -1.66. The Bertz CT molecular complexity index is 692. The van der Waals surface area contributed by atoms with E-state index in [9.17, 15) is 4.79 Å². The van der Waals surface area contributed by atoms with Crippen LogP contribution in [-0.4, -0.2) is 34.1 Å². The van der Waals surface area contributed by atoms with Crippen LogP contribution in [0.4, 0.5) is 0 Å². The third-order valence-electron chi connectivity index (χ3n) is 4.24. The van der Waals surface area contributed by atoms with Gasteiger partial charge in [0.1, 0.15) is 0 Å². The molecule has 1 fully saturated rings. The minimum Gasteiger partial charge on any atom is -0.347 e. The number of aryl methyl sites for hydroxylation is 1. The summed E-state index contributed by atoms with van der Waals surface area (Å²) in [5.41, 5.74) is 3.70. The average molecular weight is 377 g/mol. The van der Waals surface area contributed by atoms with E-state index in [4.69, 9.17) is 0 Å². The molecule has 3 rings (SSSR count).